The number of ether oxygens (including phenoxy) is 1. The van der Waals surface area contributed by atoms with Crippen LogP contribution in [0.15, 0.2) is 0 Å². The van der Waals surface area contributed by atoms with Crippen LogP contribution in [0.1, 0.15) is 32.1 Å². The van der Waals surface area contributed by atoms with Crippen molar-refractivity contribution in [2.45, 2.75) is 43.4 Å². The lowest BCUT2D eigenvalue weighted by atomic mass is 9.95. The Morgan fingerprint density at radius 3 is 2.89 bits per heavy atom. The van der Waals surface area contributed by atoms with Gasteiger partial charge in [0.05, 0.1) is 6.54 Å². The zero-order chi connectivity index (χ0) is 13.2. The Kier molecular flexibility index (Phi) is 8.46. The van der Waals surface area contributed by atoms with Gasteiger partial charge in [-0.15, -0.1) is 0 Å². The molecule has 0 aromatic heterocycles. The number of amides is 1. The Morgan fingerprint density at radius 1 is 1.39 bits per heavy atom. The van der Waals surface area contributed by atoms with Crippen molar-refractivity contribution in [2.24, 2.45) is 0 Å². The molecule has 1 aliphatic rings. The summed E-state index contributed by atoms with van der Waals surface area (Å²) in [6.45, 7) is 1.84. The van der Waals surface area contributed by atoms with Gasteiger partial charge in [-0.1, -0.05) is 12.8 Å². The summed E-state index contributed by atoms with van der Waals surface area (Å²) < 4.78 is 4.94. The number of hydrogen-bond donors (Lipinski definition) is 2. The van der Waals surface area contributed by atoms with E-state index in [2.05, 4.69) is 16.9 Å². The second-order valence-corrected chi connectivity index (χ2v) is 5.82. The first-order chi connectivity index (χ1) is 8.77. The van der Waals surface area contributed by atoms with Crippen molar-refractivity contribution in [3.63, 3.8) is 0 Å². The van der Waals surface area contributed by atoms with Crippen molar-refractivity contribution in [3.05, 3.63) is 0 Å². The molecular weight excluding hydrogens is 248 g/mol. The number of hydrogen-bond acceptors (Lipinski definition) is 4. The van der Waals surface area contributed by atoms with E-state index >= 15 is 0 Å². The summed E-state index contributed by atoms with van der Waals surface area (Å²) >= 11 is 1.92. The van der Waals surface area contributed by atoms with Crippen LogP contribution in [-0.4, -0.2) is 50.3 Å². The Morgan fingerprint density at radius 2 is 2.17 bits per heavy atom. The molecular formula is C13H26N2O2S. The van der Waals surface area contributed by atoms with E-state index < -0.39 is 0 Å². The van der Waals surface area contributed by atoms with Gasteiger partial charge in [0.1, 0.15) is 0 Å². The van der Waals surface area contributed by atoms with Gasteiger partial charge in [0.15, 0.2) is 0 Å². The summed E-state index contributed by atoms with van der Waals surface area (Å²) in [4.78, 5) is 11.6. The van der Waals surface area contributed by atoms with Crippen LogP contribution >= 0.6 is 11.8 Å². The quantitative estimate of drug-likeness (QED) is 0.657. The highest BCUT2D eigenvalue weighted by Crippen LogP contribution is 2.26. The van der Waals surface area contributed by atoms with Gasteiger partial charge in [-0.25, -0.2) is 0 Å². The lowest BCUT2D eigenvalue weighted by Crippen LogP contribution is -2.45. The summed E-state index contributed by atoms with van der Waals surface area (Å²) in [5.41, 5.74) is 0. The molecule has 1 rings (SSSR count). The van der Waals surface area contributed by atoms with E-state index in [9.17, 15) is 4.79 Å². The van der Waals surface area contributed by atoms with Crippen molar-refractivity contribution >= 4 is 17.7 Å². The van der Waals surface area contributed by atoms with Crippen LogP contribution in [0.5, 0.6) is 0 Å². The Labute approximate surface area is 115 Å². The maximum absolute atomic E-state index is 11.6. The number of rotatable bonds is 8. The van der Waals surface area contributed by atoms with E-state index in [0.717, 1.165) is 6.42 Å². The monoisotopic (exact) mass is 274 g/mol. The van der Waals surface area contributed by atoms with E-state index in [4.69, 9.17) is 4.74 Å². The minimum Gasteiger partial charge on any atom is -0.385 e. The zero-order valence-electron chi connectivity index (χ0n) is 11.5. The van der Waals surface area contributed by atoms with E-state index in [0.29, 0.717) is 31.0 Å². The number of methoxy groups -OCH3 is 1. The second-order valence-electron chi connectivity index (χ2n) is 4.74. The highest BCUT2D eigenvalue weighted by atomic mass is 32.2. The van der Waals surface area contributed by atoms with Crippen molar-refractivity contribution < 1.29 is 9.53 Å². The van der Waals surface area contributed by atoms with Gasteiger partial charge in [0.25, 0.3) is 0 Å². The Balaban J connectivity index is 2.12. The SMILES string of the molecule is COCCCNC(=O)CNC1CCCCC1SC. The number of carbonyl (C=O) groups excluding carboxylic acids is 1. The standard InChI is InChI=1S/C13H26N2O2S/c1-17-9-5-8-14-13(16)10-15-11-6-3-4-7-12(11)18-2/h11-12,15H,3-10H2,1-2H3,(H,14,16). The first-order valence-electron chi connectivity index (χ1n) is 6.79. The lowest BCUT2D eigenvalue weighted by Gasteiger charge is -2.30. The predicted molar refractivity (Wildman–Crippen MR) is 77.1 cm³/mol. The Hall–Kier alpha value is -0.260. The first kappa shape index (κ1) is 15.8. The molecule has 0 saturated heterocycles. The molecule has 1 aliphatic carbocycles. The van der Waals surface area contributed by atoms with Crippen molar-refractivity contribution in [2.75, 3.05) is 33.1 Å². The summed E-state index contributed by atoms with van der Waals surface area (Å²) in [5, 5.41) is 6.97. The molecule has 0 bridgehead atoms. The average molecular weight is 274 g/mol. The lowest BCUT2D eigenvalue weighted by molar-refractivity contribution is -0.120. The molecule has 0 aromatic rings. The maximum Gasteiger partial charge on any atom is 0.233 e. The number of thioether (sulfide) groups is 1. The van der Waals surface area contributed by atoms with Gasteiger partial charge < -0.3 is 15.4 Å². The summed E-state index contributed by atoms with van der Waals surface area (Å²) in [6, 6.07) is 0.499. The van der Waals surface area contributed by atoms with Crippen molar-refractivity contribution in [3.8, 4) is 0 Å². The normalized spacial score (nSPS) is 23.9. The van der Waals surface area contributed by atoms with Gasteiger partial charge in [-0.2, -0.15) is 11.8 Å². The van der Waals surface area contributed by atoms with Crippen LogP contribution < -0.4 is 10.6 Å². The summed E-state index contributed by atoms with van der Waals surface area (Å²) in [7, 11) is 1.68. The van der Waals surface area contributed by atoms with Gasteiger partial charge in [0.2, 0.25) is 5.91 Å². The van der Waals surface area contributed by atoms with E-state index in [1.54, 1.807) is 7.11 Å². The van der Waals surface area contributed by atoms with Crippen molar-refractivity contribution in [1.29, 1.82) is 0 Å². The molecule has 0 aromatic carbocycles. The minimum absolute atomic E-state index is 0.0940. The van der Waals surface area contributed by atoms with Crippen LogP contribution in [0.3, 0.4) is 0 Å². The first-order valence-corrected chi connectivity index (χ1v) is 8.08. The van der Waals surface area contributed by atoms with Gasteiger partial charge in [-0.3, -0.25) is 4.79 Å². The molecule has 2 unspecified atom stereocenters. The van der Waals surface area contributed by atoms with Crippen molar-refractivity contribution in [1.82, 2.24) is 10.6 Å². The maximum atomic E-state index is 11.6. The molecule has 1 amide bonds. The zero-order valence-corrected chi connectivity index (χ0v) is 12.4. The molecule has 0 spiro atoms. The summed E-state index contributed by atoms with van der Waals surface area (Å²) in [6.07, 6.45) is 8.11. The van der Waals surface area contributed by atoms with Crippen LogP contribution in [0.25, 0.3) is 0 Å². The number of nitrogens with one attached hydrogen (secondary N) is 2. The largest absolute Gasteiger partial charge is 0.385 e. The fraction of sp³-hybridized carbons (Fsp3) is 0.923. The van der Waals surface area contributed by atoms with E-state index in [1.807, 2.05) is 11.8 Å². The number of carbonyl (C=O) groups is 1. The molecule has 2 atom stereocenters. The molecule has 106 valence electrons. The molecule has 1 fully saturated rings. The summed E-state index contributed by atoms with van der Waals surface area (Å²) in [5.74, 6) is 0.0940. The topological polar surface area (TPSA) is 50.4 Å². The third kappa shape index (κ3) is 6.07. The van der Waals surface area contributed by atoms with Crippen LogP contribution in [-0.2, 0) is 9.53 Å². The van der Waals surface area contributed by atoms with Gasteiger partial charge in [0, 0.05) is 31.6 Å². The molecule has 0 aliphatic heterocycles. The van der Waals surface area contributed by atoms with E-state index in [-0.39, 0.29) is 5.91 Å². The fourth-order valence-corrected chi connectivity index (χ4v) is 3.31. The van der Waals surface area contributed by atoms with E-state index in [1.165, 1.54) is 25.7 Å². The molecule has 4 nitrogen and oxygen atoms in total. The average Bonchev–Trinajstić information content (AvgIpc) is 2.41. The van der Waals surface area contributed by atoms with Crippen LogP contribution in [0.4, 0.5) is 0 Å². The molecule has 0 radical (unpaired) electrons. The predicted octanol–water partition coefficient (Wildman–Crippen LogP) is 1.40. The third-order valence-electron chi connectivity index (χ3n) is 3.38. The smallest absolute Gasteiger partial charge is 0.233 e. The van der Waals surface area contributed by atoms with Gasteiger partial charge in [-0.05, 0) is 25.5 Å². The fourth-order valence-electron chi connectivity index (χ4n) is 2.34. The molecule has 2 N–H and O–H groups in total. The molecule has 18 heavy (non-hydrogen) atoms. The van der Waals surface area contributed by atoms with Gasteiger partial charge >= 0.3 is 0 Å². The highest BCUT2D eigenvalue weighted by molar-refractivity contribution is 7.99. The third-order valence-corrected chi connectivity index (χ3v) is 4.55. The molecule has 1 saturated carbocycles. The minimum atomic E-state index is 0.0940. The molecule has 5 heteroatoms. The molecule has 0 heterocycles. The van der Waals surface area contributed by atoms with Crippen LogP contribution in [0.2, 0.25) is 0 Å². The Bertz CT molecular complexity index is 239. The highest BCUT2D eigenvalue weighted by Gasteiger charge is 2.24. The van der Waals surface area contributed by atoms with Crippen LogP contribution in [0, 0.1) is 0 Å². The second kappa shape index (κ2) is 9.64.